The lowest BCUT2D eigenvalue weighted by molar-refractivity contribution is -0.117. The van der Waals surface area contributed by atoms with Gasteiger partial charge in [0, 0.05) is 10.7 Å². The van der Waals surface area contributed by atoms with Crippen molar-refractivity contribution in [1.29, 1.82) is 0 Å². The van der Waals surface area contributed by atoms with Gasteiger partial charge in [-0.2, -0.15) is 0 Å². The Hall–Kier alpha value is -2.62. The molecule has 1 atom stereocenters. The van der Waals surface area contributed by atoms with E-state index < -0.39 is 27.1 Å². The number of benzene rings is 2. The van der Waals surface area contributed by atoms with Crippen molar-refractivity contribution in [2.75, 3.05) is 5.73 Å². The lowest BCUT2D eigenvalue weighted by atomic mass is 10.1. The van der Waals surface area contributed by atoms with Crippen LogP contribution in [0.3, 0.4) is 0 Å². The minimum absolute atomic E-state index is 0.106. The number of anilines is 1. The zero-order chi connectivity index (χ0) is 20.1. The van der Waals surface area contributed by atoms with E-state index in [0.717, 1.165) is 0 Å². The number of primary amides is 1. The highest BCUT2D eigenvalue weighted by Crippen LogP contribution is 2.22. The Morgan fingerprint density at radius 1 is 1.15 bits per heavy atom. The number of aromatic carboxylic acids is 1. The van der Waals surface area contributed by atoms with Gasteiger partial charge in [-0.05, 0) is 36.2 Å². The molecule has 0 aliphatic rings. The highest BCUT2D eigenvalue weighted by atomic mass is 35.5. The zero-order valence-electron chi connectivity index (χ0n) is 13.7. The zero-order valence-corrected chi connectivity index (χ0v) is 15.3. The summed E-state index contributed by atoms with van der Waals surface area (Å²) in [7, 11) is -4.01. The first-order valence-electron chi connectivity index (χ1n) is 7.09. The van der Waals surface area contributed by atoms with Gasteiger partial charge >= 0.3 is 5.97 Å². The van der Waals surface area contributed by atoms with Gasteiger partial charge in [0.25, 0.3) is 0 Å². The van der Waals surface area contributed by atoms with Crippen molar-refractivity contribution in [2.45, 2.75) is 12.2 Å². The van der Waals surface area contributed by atoms with Crippen molar-refractivity contribution in [3.05, 3.63) is 64.2 Å². The minimum atomic E-state index is -4.01. The van der Waals surface area contributed by atoms with Crippen LogP contribution in [0, 0.1) is 6.92 Å². The quantitative estimate of drug-likeness (QED) is 0.567. The standard InChI is InChI=1S/C9H12N2O3S.C7H6ClNO2/c1-6-4-2-3-5-7(6)8(9(10)12)15(11,13)14;8-5-1-4(7(10)11)2-6(9)3-5/h2-5,8H,1H3,(H2,10,12)(H2,11,13,14);1-3H,9H2,(H,10,11). The molecule has 8 nitrogen and oxygen atoms in total. The van der Waals surface area contributed by atoms with Gasteiger partial charge in [-0.3, -0.25) is 4.79 Å². The second kappa shape index (κ2) is 8.65. The predicted octanol–water partition coefficient (Wildman–Crippen LogP) is 1.43. The molecular weight excluding hydrogens is 382 g/mol. The number of nitrogens with two attached hydrogens (primary N) is 3. The molecule has 1 unspecified atom stereocenters. The number of hydrogen-bond donors (Lipinski definition) is 4. The van der Waals surface area contributed by atoms with Crippen LogP contribution in [-0.4, -0.2) is 25.4 Å². The molecule has 0 saturated carbocycles. The third-order valence-electron chi connectivity index (χ3n) is 3.22. The third kappa shape index (κ3) is 6.03. The van der Waals surface area contributed by atoms with Gasteiger partial charge < -0.3 is 16.6 Å². The van der Waals surface area contributed by atoms with Crippen molar-refractivity contribution >= 4 is 39.2 Å². The second-order valence-electron chi connectivity index (χ2n) is 5.31. The SMILES string of the molecule is Cc1ccccc1C(C(N)=O)S(N)(=O)=O.Nc1cc(Cl)cc(C(=O)O)c1. The number of nitrogen functional groups attached to an aromatic ring is 1. The molecule has 26 heavy (non-hydrogen) atoms. The van der Waals surface area contributed by atoms with E-state index in [-0.39, 0.29) is 5.56 Å². The molecule has 2 rings (SSSR count). The Morgan fingerprint density at radius 2 is 1.73 bits per heavy atom. The maximum atomic E-state index is 11.2. The topological polar surface area (TPSA) is 167 Å². The van der Waals surface area contributed by atoms with Gasteiger partial charge in [0.15, 0.2) is 5.25 Å². The summed E-state index contributed by atoms with van der Waals surface area (Å²) in [6.07, 6.45) is 0. The molecule has 140 valence electrons. The van der Waals surface area contributed by atoms with Gasteiger partial charge in [0.1, 0.15) is 0 Å². The van der Waals surface area contributed by atoms with Crippen LogP contribution >= 0.6 is 11.6 Å². The first-order valence-corrected chi connectivity index (χ1v) is 9.08. The van der Waals surface area contributed by atoms with E-state index in [1.165, 1.54) is 24.3 Å². The number of carbonyl (C=O) groups excluding carboxylic acids is 1. The molecule has 0 aliphatic heterocycles. The maximum Gasteiger partial charge on any atom is 0.335 e. The van der Waals surface area contributed by atoms with Gasteiger partial charge in [0.2, 0.25) is 15.9 Å². The van der Waals surface area contributed by atoms with Crippen LogP contribution in [-0.2, 0) is 14.8 Å². The fraction of sp³-hybridized carbons (Fsp3) is 0.125. The number of aryl methyl sites for hydroxylation is 1. The summed E-state index contributed by atoms with van der Waals surface area (Å²) < 4.78 is 22.4. The van der Waals surface area contributed by atoms with Gasteiger partial charge in [-0.25, -0.2) is 18.4 Å². The number of sulfonamides is 1. The summed E-state index contributed by atoms with van der Waals surface area (Å²) in [6.45, 7) is 1.69. The van der Waals surface area contributed by atoms with Crippen molar-refractivity contribution < 1.29 is 23.1 Å². The van der Waals surface area contributed by atoms with Gasteiger partial charge in [-0.15, -0.1) is 0 Å². The Morgan fingerprint density at radius 3 is 2.15 bits per heavy atom. The molecule has 10 heteroatoms. The molecule has 2 aromatic rings. The van der Waals surface area contributed by atoms with Crippen molar-refractivity contribution in [1.82, 2.24) is 0 Å². The van der Waals surface area contributed by atoms with Crippen LogP contribution in [0.4, 0.5) is 5.69 Å². The van der Waals surface area contributed by atoms with E-state index in [4.69, 9.17) is 33.3 Å². The van der Waals surface area contributed by atoms with E-state index in [1.807, 2.05) is 0 Å². The molecule has 0 aliphatic carbocycles. The largest absolute Gasteiger partial charge is 0.478 e. The van der Waals surface area contributed by atoms with Crippen LogP contribution in [0.2, 0.25) is 5.02 Å². The number of carbonyl (C=O) groups is 2. The number of hydrogen-bond acceptors (Lipinski definition) is 5. The average Bonchev–Trinajstić information content (AvgIpc) is 2.47. The third-order valence-corrected chi connectivity index (χ3v) is 4.59. The van der Waals surface area contributed by atoms with Crippen molar-refractivity contribution in [3.63, 3.8) is 0 Å². The van der Waals surface area contributed by atoms with E-state index in [0.29, 0.717) is 21.8 Å². The lowest BCUT2D eigenvalue weighted by Crippen LogP contribution is -2.33. The second-order valence-corrected chi connectivity index (χ2v) is 7.39. The van der Waals surface area contributed by atoms with E-state index in [2.05, 4.69) is 0 Å². The van der Waals surface area contributed by atoms with Crippen LogP contribution in [0.1, 0.15) is 26.7 Å². The van der Waals surface area contributed by atoms with Crippen LogP contribution in [0.5, 0.6) is 0 Å². The summed E-state index contributed by atoms with van der Waals surface area (Å²) in [5.74, 6) is -1.99. The normalized spacial score (nSPS) is 11.8. The van der Waals surface area contributed by atoms with E-state index >= 15 is 0 Å². The summed E-state index contributed by atoms with van der Waals surface area (Å²) in [5, 5.41) is 12.3. The molecule has 0 heterocycles. The number of amides is 1. The number of rotatable bonds is 4. The first-order chi connectivity index (χ1) is 11.9. The Balaban J connectivity index is 0.000000273. The van der Waals surface area contributed by atoms with Crippen LogP contribution in [0.25, 0.3) is 0 Å². The minimum Gasteiger partial charge on any atom is -0.478 e. The Bertz CT molecular complexity index is 911. The van der Waals surface area contributed by atoms with Gasteiger partial charge in [0.05, 0.1) is 5.56 Å². The van der Waals surface area contributed by atoms with Crippen LogP contribution < -0.4 is 16.6 Å². The summed E-state index contributed by atoms with van der Waals surface area (Å²) in [4.78, 5) is 21.5. The summed E-state index contributed by atoms with van der Waals surface area (Å²) in [5.41, 5.74) is 11.8. The molecule has 7 N–H and O–H groups in total. The smallest absolute Gasteiger partial charge is 0.335 e. The molecule has 0 fully saturated rings. The number of carboxylic acids is 1. The molecule has 0 aromatic heterocycles. The molecule has 1 amide bonds. The molecule has 0 spiro atoms. The number of halogens is 1. The monoisotopic (exact) mass is 399 g/mol. The molecule has 0 bridgehead atoms. The van der Waals surface area contributed by atoms with Crippen molar-refractivity contribution in [3.8, 4) is 0 Å². The van der Waals surface area contributed by atoms with Crippen LogP contribution in [0.15, 0.2) is 42.5 Å². The summed E-state index contributed by atoms with van der Waals surface area (Å²) in [6, 6.07) is 10.8. The summed E-state index contributed by atoms with van der Waals surface area (Å²) >= 11 is 5.55. The Labute approximate surface area is 155 Å². The van der Waals surface area contributed by atoms with Crippen molar-refractivity contribution in [2.24, 2.45) is 10.9 Å². The fourth-order valence-corrected chi connectivity index (χ4v) is 3.29. The predicted molar refractivity (Wildman–Crippen MR) is 99.0 cm³/mol. The molecule has 2 aromatic carbocycles. The number of primary sulfonamides is 1. The molecule has 0 radical (unpaired) electrons. The lowest BCUT2D eigenvalue weighted by Gasteiger charge is -2.13. The fourth-order valence-electron chi connectivity index (χ4n) is 2.11. The van der Waals surface area contributed by atoms with Gasteiger partial charge in [-0.1, -0.05) is 35.9 Å². The first kappa shape index (κ1) is 21.4. The Kier molecular flexibility index (Phi) is 7.13. The molecule has 0 saturated heterocycles. The number of carboxylic acid groups (broad SMARTS) is 1. The van der Waals surface area contributed by atoms with E-state index in [9.17, 15) is 18.0 Å². The highest BCUT2D eigenvalue weighted by Gasteiger charge is 2.30. The molecular formula is C16H18ClN3O5S. The maximum absolute atomic E-state index is 11.2. The highest BCUT2D eigenvalue weighted by molar-refractivity contribution is 7.90. The average molecular weight is 400 g/mol. The van der Waals surface area contributed by atoms with E-state index in [1.54, 1.807) is 25.1 Å².